The zero-order valence-corrected chi connectivity index (χ0v) is 18.0. The van der Waals surface area contributed by atoms with E-state index in [1.807, 2.05) is 30.3 Å². The standard InChI is InChI=1S/C24H24N6O3/c1-2-3-12-25-22-28-23(30-24(33)29-22)27-16-9-11-21(32)19(13-16)26-14-18-17-7-5-4-6-15(17)8-10-20(18)31/h4-11,13-14,31-32H,2-3,12H2,1H3,(H3,25,27,28,29,30,33). The maximum absolute atomic E-state index is 11.9. The van der Waals surface area contributed by atoms with Crippen molar-refractivity contribution in [3.05, 3.63) is 70.6 Å². The monoisotopic (exact) mass is 444 g/mol. The summed E-state index contributed by atoms with van der Waals surface area (Å²) in [5.41, 5.74) is 0.852. The Morgan fingerprint density at radius 3 is 2.73 bits per heavy atom. The van der Waals surface area contributed by atoms with Crippen LogP contribution in [0.15, 0.2) is 64.4 Å². The van der Waals surface area contributed by atoms with Gasteiger partial charge < -0.3 is 20.8 Å². The highest BCUT2D eigenvalue weighted by atomic mass is 16.3. The van der Waals surface area contributed by atoms with Gasteiger partial charge in [0.15, 0.2) is 0 Å². The van der Waals surface area contributed by atoms with Gasteiger partial charge in [0.1, 0.15) is 17.2 Å². The number of hydrogen-bond donors (Lipinski definition) is 5. The number of aromatic nitrogens is 3. The molecule has 0 unspecified atom stereocenters. The molecule has 0 aliphatic rings. The molecule has 0 atom stereocenters. The predicted molar refractivity (Wildman–Crippen MR) is 130 cm³/mol. The molecule has 168 valence electrons. The molecule has 0 saturated carbocycles. The SMILES string of the molecule is CCCCNc1nc(Nc2ccc(O)c(N=Cc3c(O)ccc4ccccc34)c2)[nH]c(=O)n1. The van der Waals surface area contributed by atoms with E-state index in [1.165, 1.54) is 12.3 Å². The number of aromatic hydroxyl groups is 2. The fourth-order valence-corrected chi connectivity index (χ4v) is 3.29. The number of rotatable bonds is 8. The molecule has 33 heavy (non-hydrogen) atoms. The Morgan fingerprint density at radius 1 is 1.06 bits per heavy atom. The van der Waals surface area contributed by atoms with Gasteiger partial charge in [-0.25, -0.2) is 4.79 Å². The zero-order valence-electron chi connectivity index (χ0n) is 18.0. The van der Waals surface area contributed by atoms with Crippen LogP contribution in [0.25, 0.3) is 10.8 Å². The minimum Gasteiger partial charge on any atom is -0.507 e. The number of H-pyrrole nitrogens is 1. The molecule has 4 aromatic rings. The van der Waals surface area contributed by atoms with Crippen molar-refractivity contribution in [3.8, 4) is 11.5 Å². The Labute approximate surface area is 189 Å². The number of aliphatic imine (C=N–C) groups is 1. The van der Waals surface area contributed by atoms with Crippen molar-refractivity contribution in [2.75, 3.05) is 17.2 Å². The summed E-state index contributed by atoms with van der Waals surface area (Å²) >= 11 is 0. The van der Waals surface area contributed by atoms with Crippen molar-refractivity contribution in [1.29, 1.82) is 0 Å². The molecule has 0 fully saturated rings. The van der Waals surface area contributed by atoms with E-state index >= 15 is 0 Å². The lowest BCUT2D eigenvalue weighted by Gasteiger charge is -2.09. The fourth-order valence-electron chi connectivity index (χ4n) is 3.29. The molecule has 9 nitrogen and oxygen atoms in total. The van der Waals surface area contributed by atoms with E-state index in [2.05, 4.69) is 37.5 Å². The van der Waals surface area contributed by atoms with Crippen LogP contribution in [-0.4, -0.2) is 37.9 Å². The average Bonchev–Trinajstić information content (AvgIpc) is 2.80. The van der Waals surface area contributed by atoms with Gasteiger partial charge in [-0.2, -0.15) is 9.97 Å². The lowest BCUT2D eigenvalue weighted by Crippen LogP contribution is -2.18. The third-order valence-corrected chi connectivity index (χ3v) is 4.98. The van der Waals surface area contributed by atoms with Crippen molar-refractivity contribution in [1.82, 2.24) is 15.0 Å². The van der Waals surface area contributed by atoms with E-state index in [9.17, 15) is 15.0 Å². The Morgan fingerprint density at radius 2 is 1.88 bits per heavy atom. The first-order valence-corrected chi connectivity index (χ1v) is 10.6. The van der Waals surface area contributed by atoms with E-state index in [0.717, 1.165) is 23.6 Å². The molecule has 3 aromatic carbocycles. The van der Waals surface area contributed by atoms with Crippen LogP contribution in [0, 0.1) is 0 Å². The van der Waals surface area contributed by atoms with Gasteiger partial charge in [-0.3, -0.25) is 9.98 Å². The van der Waals surface area contributed by atoms with Crippen molar-refractivity contribution in [2.24, 2.45) is 4.99 Å². The molecule has 1 heterocycles. The lowest BCUT2D eigenvalue weighted by molar-refractivity contribution is 0.474. The van der Waals surface area contributed by atoms with Crippen LogP contribution >= 0.6 is 0 Å². The van der Waals surface area contributed by atoms with E-state index < -0.39 is 5.69 Å². The Hall–Kier alpha value is -4.40. The third-order valence-electron chi connectivity index (χ3n) is 4.98. The van der Waals surface area contributed by atoms with Gasteiger partial charge in [0, 0.05) is 24.0 Å². The number of unbranched alkanes of at least 4 members (excludes halogenated alkanes) is 1. The molecule has 0 amide bonds. The minimum atomic E-state index is -0.532. The van der Waals surface area contributed by atoms with Gasteiger partial charge in [-0.05, 0) is 41.5 Å². The summed E-state index contributed by atoms with van der Waals surface area (Å²) in [7, 11) is 0. The van der Waals surface area contributed by atoms with E-state index in [-0.39, 0.29) is 29.1 Å². The highest BCUT2D eigenvalue weighted by Gasteiger charge is 2.08. The van der Waals surface area contributed by atoms with Crippen molar-refractivity contribution < 1.29 is 10.2 Å². The van der Waals surface area contributed by atoms with Crippen LogP contribution in [0.4, 0.5) is 23.3 Å². The smallest absolute Gasteiger partial charge is 0.351 e. The number of nitrogens with zero attached hydrogens (tertiary/aromatic N) is 3. The molecule has 0 saturated heterocycles. The number of phenolic OH excluding ortho intramolecular Hbond substituents is 2. The average molecular weight is 444 g/mol. The Bertz CT molecular complexity index is 1370. The second-order valence-corrected chi connectivity index (χ2v) is 7.41. The van der Waals surface area contributed by atoms with Gasteiger partial charge in [0.2, 0.25) is 11.9 Å². The summed E-state index contributed by atoms with van der Waals surface area (Å²) < 4.78 is 0. The van der Waals surface area contributed by atoms with Gasteiger partial charge in [0.05, 0.1) is 0 Å². The maximum Gasteiger partial charge on any atom is 0.351 e. The number of fused-ring (bicyclic) bond motifs is 1. The van der Waals surface area contributed by atoms with E-state index in [0.29, 0.717) is 17.8 Å². The molecule has 0 spiro atoms. The number of benzene rings is 3. The normalized spacial score (nSPS) is 11.2. The Kier molecular flexibility index (Phi) is 6.49. The van der Waals surface area contributed by atoms with Crippen LogP contribution in [0.3, 0.4) is 0 Å². The van der Waals surface area contributed by atoms with Gasteiger partial charge in [0.25, 0.3) is 0 Å². The van der Waals surface area contributed by atoms with Crippen molar-refractivity contribution in [2.45, 2.75) is 19.8 Å². The first-order valence-electron chi connectivity index (χ1n) is 10.6. The molecule has 5 N–H and O–H groups in total. The first kappa shape index (κ1) is 21.8. The quantitative estimate of drug-likeness (QED) is 0.154. The van der Waals surface area contributed by atoms with Crippen LogP contribution in [0.1, 0.15) is 25.3 Å². The molecule has 0 aliphatic carbocycles. The number of hydrogen-bond acceptors (Lipinski definition) is 8. The Balaban J connectivity index is 1.60. The summed E-state index contributed by atoms with van der Waals surface area (Å²) in [4.78, 5) is 26.9. The van der Waals surface area contributed by atoms with Crippen LogP contribution < -0.4 is 16.3 Å². The maximum atomic E-state index is 11.9. The van der Waals surface area contributed by atoms with E-state index in [1.54, 1.807) is 18.2 Å². The zero-order chi connectivity index (χ0) is 23.2. The highest BCUT2D eigenvalue weighted by Crippen LogP contribution is 2.32. The molecule has 0 radical (unpaired) electrons. The number of phenols is 2. The lowest BCUT2D eigenvalue weighted by atomic mass is 10.0. The van der Waals surface area contributed by atoms with Gasteiger partial charge >= 0.3 is 5.69 Å². The summed E-state index contributed by atoms with van der Waals surface area (Å²) in [6.07, 6.45) is 3.46. The van der Waals surface area contributed by atoms with Crippen LogP contribution in [-0.2, 0) is 0 Å². The topological polar surface area (TPSA) is 136 Å². The summed E-state index contributed by atoms with van der Waals surface area (Å²) in [6, 6.07) is 15.8. The number of aromatic amines is 1. The second kappa shape index (κ2) is 9.82. The highest BCUT2D eigenvalue weighted by molar-refractivity contribution is 6.03. The summed E-state index contributed by atoms with van der Waals surface area (Å²) in [6.45, 7) is 2.73. The van der Waals surface area contributed by atoms with E-state index in [4.69, 9.17) is 0 Å². The van der Waals surface area contributed by atoms with Crippen LogP contribution in [0.2, 0.25) is 0 Å². The third kappa shape index (κ3) is 5.27. The largest absolute Gasteiger partial charge is 0.507 e. The second-order valence-electron chi connectivity index (χ2n) is 7.41. The number of anilines is 3. The summed E-state index contributed by atoms with van der Waals surface area (Å²) in [5, 5.41) is 28.4. The first-order chi connectivity index (χ1) is 16.0. The fraction of sp³-hybridized carbons (Fsp3) is 0.167. The molecule has 0 aliphatic heterocycles. The van der Waals surface area contributed by atoms with Crippen molar-refractivity contribution in [3.63, 3.8) is 0 Å². The molecule has 1 aromatic heterocycles. The molecule has 0 bridgehead atoms. The number of nitrogens with one attached hydrogen (secondary N) is 3. The molecular formula is C24H24N6O3. The minimum absolute atomic E-state index is 0.0328. The molecule has 4 rings (SSSR count). The van der Waals surface area contributed by atoms with Gasteiger partial charge in [-0.15, -0.1) is 0 Å². The molecule has 9 heteroatoms. The van der Waals surface area contributed by atoms with Crippen molar-refractivity contribution >= 4 is 40.3 Å². The predicted octanol–water partition coefficient (Wildman–Crippen LogP) is 4.44. The molecular weight excluding hydrogens is 420 g/mol. The van der Waals surface area contributed by atoms with Crippen LogP contribution in [0.5, 0.6) is 11.5 Å². The van der Waals surface area contributed by atoms with Gasteiger partial charge in [-0.1, -0.05) is 43.7 Å². The summed E-state index contributed by atoms with van der Waals surface area (Å²) in [5.74, 6) is 0.502.